The zero-order valence-electron chi connectivity index (χ0n) is 13.4. The fourth-order valence-electron chi connectivity index (χ4n) is 3.27. The number of allylic oxidation sites excluding steroid dienone is 2. The van der Waals surface area contributed by atoms with E-state index in [4.69, 9.17) is 5.11 Å². The summed E-state index contributed by atoms with van der Waals surface area (Å²) in [5.41, 5.74) is 0. The van der Waals surface area contributed by atoms with E-state index in [1.165, 1.54) is 12.8 Å². The van der Waals surface area contributed by atoms with E-state index >= 15 is 0 Å². The fourth-order valence-corrected chi connectivity index (χ4v) is 3.27. The van der Waals surface area contributed by atoms with Gasteiger partial charge in [-0.1, -0.05) is 44.8 Å². The summed E-state index contributed by atoms with van der Waals surface area (Å²) in [5.74, 6) is 0.613. The van der Waals surface area contributed by atoms with Crippen molar-refractivity contribution in [1.29, 1.82) is 0 Å². The highest BCUT2D eigenvalue weighted by Gasteiger charge is 2.32. The maximum Gasteiger partial charge on any atom is 0.303 e. The second-order valence-corrected chi connectivity index (χ2v) is 6.19. The first-order chi connectivity index (χ1) is 10.1. The number of hydrogen-bond acceptors (Lipinski definition) is 2. The minimum Gasteiger partial charge on any atom is -0.481 e. The van der Waals surface area contributed by atoms with E-state index in [1.807, 2.05) is 0 Å². The number of carbonyl (C=O) groups is 2. The van der Waals surface area contributed by atoms with E-state index in [0.717, 1.165) is 51.4 Å². The van der Waals surface area contributed by atoms with Gasteiger partial charge < -0.3 is 5.11 Å². The molecule has 1 aliphatic carbocycles. The lowest BCUT2D eigenvalue weighted by molar-refractivity contribution is -0.137. The fraction of sp³-hybridized carbons (Fsp3) is 0.778. The smallest absolute Gasteiger partial charge is 0.303 e. The van der Waals surface area contributed by atoms with Gasteiger partial charge in [0.15, 0.2) is 0 Å². The third kappa shape index (κ3) is 7.45. The molecule has 1 aliphatic rings. The highest BCUT2D eigenvalue weighted by Crippen LogP contribution is 2.35. The van der Waals surface area contributed by atoms with Gasteiger partial charge in [-0.05, 0) is 38.0 Å². The van der Waals surface area contributed by atoms with Gasteiger partial charge in [0.25, 0.3) is 0 Å². The molecule has 21 heavy (non-hydrogen) atoms. The van der Waals surface area contributed by atoms with Gasteiger partial charge in [-0.25, -0.2) is 0 Å². The standard InChI is InChI=1S/C18H30O3/c1-2-3-7-11-16-15(13-14-17(16)19)10-8-5-4-6-9-12-18(20)21/h3,7,15-16H,2,4-6,8-14H2,1H3,(H,20,21)/b7-3-/t15-,16-/m1/s1. The van der Waals surface area contributed by atoms with Gasteiger partial charge in [-0.3, -0.25) is 9.59 Å². The van der Waals surface area contributed by atoms with Crippen molar-refractivity contribution in [3.05, 3.63) is 12.2 Å². The molecule has 1 saturated carbocycles. The van der Waals surface area contributed by atoms with Gasteiger partial charge in [-0.15, -0.1) is 0 Å². The first-order valence-corrected chi connectivity index (χ1v) is 8.54. The number of carboxylic acids is 1. The van der Waals surface area contributed by atoms with Crippen LogP contribution in [0.4, 0.5) is 0 Å². The molecule has 0 amide bonds. The third-order valence-corrected chi connectivity index (χ3v) is 4.50. The van der Waals surface area contributed by atoms with E-state index in [9.17, 15) is 9.59 Å². The summed E-state index contributed by atoms with van der Waals surface area (Å²) < 4.78 is 0. The number of unbranched alkanes of at least 4 members (excludes halogenated alkanes) is 4. The van der Waals surface area contributed by atoms with E-state index in [1.54, 1.807) is 0 Å². The van der Waals surface area contributed by atoms with Crippen molar-refractivity contribution in [2.75, 3.05) is 0 Å². The predicted molar refractivity (Wildman–Crippen MR) is 85.2 cm³/mol. The summed E-state index contributed by atoms with van der Waals surface area (Å²) in [5, 5.41) is 8.56. The van der Waals surface area contributed by atoms with Crippen LogP contribution < -0.4 is 0 Å². The quantitative estimate of drug-likeness (QED) is 0.442. The second-order valence-electron chi connectivity index (χ2n) is 6.19. The molecule has 1 rings (SSSR count). The Balaban J connectivity index is 2.13. The number of aliphatic carboxylic acids is 1. The molecule has 1 N–H and O–H groups in total. The number of carbonyl (C=O) groups excluding carboxylic acids is 1. The van der Waals surface area contributed by atoms with Crippen LogP contribution >= 0.6 is 0 Å². The Labute approximate surface area is 128 Å². The molecule has 0 radical (unpaired) electrons. The maximum atomic E-state index is 11.9. The average Bonchev–Trinajstić information content (AvgIpc) is 2.79. The summed E-state index contributed by atoms with van der Waals surface area (Å²) in [6.07, 6.45) is 14.9. The van der Waals surface area contributed by atoms with Gasteiger partial charge in [0.2, 0.25) is 0 Å². The van der Waals surface area contributed by atoms with Gasteiger partial charge in [0, 0.05) is 18.8 Å². The van der Waals surface area contributed by atoms with Gasteiger partial charge in [0.1, 0.15) is 5.78 Å². The third-order valence-electron chi connectivity index (χ3n) is 4.50. The topological polar surface area (TPSA) is 54.4 Å². The van der Waals surface area contributed by atoms with E-state index in [2.05, 4.69) is 19.1 Å². The van der Waals surface area contributed by atoms with Gasteiger partial charge >= 0.3 is 5.97 Å². The van der Waals surface area contributed by atoms with Crippen LogP contribution in [0.1, 0.15) is 77.6 Å². The van der Waals surface area contributed by atoms with Crippen LogP contribution in [0.5, 0.6) is 0 Å². The lowest BCUT2D eigenvalue weighted by atomic mass is 9.87. The zero-order chi connectivity index (χ0) is 15.5. The Hall–Kier alpha value is -1.12. The first-order valence-electron chi connectivity index (χ1n) is 8.54. The lowest BCUT2D eigenvalue weighted by Crippen LogP contribution is -2.14. The SMILES string of the molecule is CC/C=C\C[C@H]1C(=O)CC[C@H]1CCCCCCCC(=O)O. The van der Waals surface area contributed by atoms with Crippen molar-refractivity contribution in [1.82, 2.24) is 0 Å². The number of rotatable bonds is 11. The van der Waals surface area contributed by atoms with Crippen LogP contribution in [0.2, 0.25) is 0 Å². The second kappa shape index (κ2) is 10.6. The maximum absolute atomic E-state index is 11.9. The molecule has 1 fully saturated rings. The molecule has 0 aromatic heterocycles. The van der Waals surface area contributed by atoms with Crippen LogP contribution in [-0.4, -0.2) is 16.9 Å². The Kier molecular flexibility index (Phi) is 9.04. The predicted octanol–water partition coefficient (Wildman–Crippen LogP) is 4.75. The number of ketones is 1. The molecule has 3 nitrogen and oxygen atoms in total. The average molecular weight is 294 g/mol. The molecule has 0 bridgehead atoms. The molecule has 0 aromatic carbocycles. The molecule has 2 atom stereocenters. The Morgan fingerprint density at radius 1 is 1.19 bits per heavy atom. The Bertz CT molecular complexity index is 346. The van der Waals surface area contributed by atoms with E-state index < -0.39 is 5.97 Å². The van der Waals surface area contributed by atoms with Crippen LogP contribution in [-0.2, 0) is 9.59 Å². The Morgan fingerprint density at radius 3 is 2.62 bits per heavy atom. The van der Waals surface area contributed by atoms with E-state index in [0.29, 0.717) is 18.1 Å². The molecular formula is C18H30O3. The van der Waals surface area contributed by atoms with Crippen LogP contribution in [0.25, 0.3) is 0 Å². The molecule has 0 saturated heterocycles. The highest BCUT2D eigenvalue weighted by molar-refractivity contribution is 5.83. The zero-order valence-corrected chi connectivity index (χ0v) is 13.4. The molecule has 0 aromatic rings. The number of hydrogen-bond donors (Lipinski definition) is 1. The number of Topliss-reactive ketones (excluding diaryl/α,β-unsaturated/α-hetero) is 1. The van der Waals surface area contributed by atoms with Crippen molar-refractivity contribution >= 4 is 11.8 Å². The first kappa shape index (κ1) is 17.9. The molecule has 0 heterocycles. The number of carboxylic acid groups (broad SMARTS) is 1. The summed E-state index contributed by atoms with van der Waals surface area (Å²) in [6, 6.07) is 0. The lowest BCUT2D eigenvalue weighted by Gasteiger charge is -2.16. The monoisotopic (exact) mass is 294 g/mol. The van der Waals surface area contributed by atoms with Crippen molar-refractivity contribution < 1.29 is 14.7 Å². The van der Waals surface area contributed by atoms with E-state index in [-0.39, 0.29) is 5.92 Å². The summed E-state index contributed by atoms with van der Waals surface area (Å²) in [4.78, 5) is 22.3. The van der Waals surface area contributed by atoms with Crippen LogP contribution in [0.15, 0.2) is 12.2 Å². The summed E-state index contributed by atoms with van der Waals surface area (Å²) in [7, 11) is 0. The summed E-state index contributed by atoms with van der Waals surface area (Å²) >= 11 is 0. The largest absolute Gasteiger partial charge is 0.481 e. The van der Waals surface area contributed by atoms with Crippen LogP contribution in [0, 0.1) is 11.8 Å². The molecule has 0 spiro atoms. The van der Waals surface area contributed by atoms with Gasteiger partial charge in [-0.2, -0.15) is 0 Å². The molecular weight excluding hydrogens is 264 g/mol. The minimum atomic E-state index is -0.692. The van der Waals surface area contributed by atoms with Gasteiger partial charge in [0.05, 0.1) is 0 Å². The van der Waals surface area contributed by atoms with Crippen LogP contribution in [0.3, 0.4) is 0 Å². The van der Waals surface area contributed by atoms with Crippen molar-refractivity contribution in [2.45, 2.75) is 77.6 Å². The van der Waals surface area contributed by atoms with Crippen molar-refractivity contribution in [3.63, 3.8) is 0 Å². The van der Waals surface area contributed by atoms with Crippen molar-refractivity contribution in [3.8, 4) is 0 Å². The minimum absolute atomic E-state index is 0.264. The highest BCUT2D eigenvalue weighted by atomic mass is 16.4. The molecule has 0 aliphatic heterocycles. The molecule has 0 unspecified atom stereocenters. The summed E-state index contributed by atoms with van der Waals surface area (Å²) in [6.45, 7) is 2.12. The molecule has 120 valence electrons. The Morgan fingerprint density at radius 2 is 1.90 bits per heavy atom. The molecule has 3 heteroatoms. The van der Waals surface area contributed by atoms with Crippen molar-refractivity contribution in [2.24, 2.45) is 11.8 Å². The normalized spacial score (nSPS) is 22.2.